The lowest BCUT2D eigenvalue weighted by atomic mass is 10.2. The van der Waals surface area contributed by atoms with Gasteiger partial charge in [-0.3, -0.25) is 4.99 Å². The van der Waals surface area contributed by atoms with Gasteiger partial charge in [-0.1, -0.05) is 18.2 Å². The van der Waals surface area contributed by atoms with Crippen molar-refractivity contribution in [2.24, 2.45) is 4.99 Å². The molecule has 3 rings (SSSR count). The van der Waals surface area contributed by atoms with E-state index in [0.29, 0.717) is 32.7 Å². The smallest absolute Gasteiger partial charge is 0.216 e. The first-order valence-corrected chi connectivity index (χ1v) is 11.5. The number of nitrogens with zero attached hydrogens (tertiary/aromatic N) is 3. The van der Waals surface area contributed by atoms with Crippen LogP contribution in [0.25, 0.3) is 11.0 Å². The van der Waals surface area contributed by atoms with Gasteiger partial charge in [-0.05, 0) is 26.0 Å². The molecule has 0 bridgehead atoms. The molecular weight excluding hydrogens is 519 g/mol. The van der Waals surface area contributed by atoms with E-state index in [9.17, 15) is 8.42 Å². The van der Waals surface area contributed by atoms with Crippen molar-refractivity contribution >= 4 is 50.9 Å². The summed E-state index contributed by atoms with van der Waals surface area (Å²) in [4.78, 5) is 6.41. The quantitative estimate of drug-likeness (QED) is 0.324. The Labute approximate surface area is 195 Å². The van der Waals surface area contributed by atoms with Crippen molar-refractivity contribution in [3.8, 4) is 0 Å². The predicted molar refractivity (Wildman–Crippen MR) is 130 cm³/mol. The zero-order valence-corrected chi connectivity index (χ0v) is 20.9. The van der Waals surface area contributed by atoms with E-state index in [2.05, 4.69) is 15.2 Å². The Kier molecular flexibility index (Phi) is 9.38. The summed E-state index contributed by atoms with van der Waals surface area (Å²) in [5.74, 6) is 1.59. The molecule has 2 heterocycles. The van der Waals surface area contributed by atoms with Gasteiger partial charge in [0, 0.05) is 38.6 Å². The topological polar surface area (TPSA) is 87.4 Å². The van der Waals surface area contributed by atoms with Crippen LogP contribution >= 0.6 is 24.0 Å². The molecule has 0 atom stereocenters. The Morgan fingerprint density at radius 1 is 1.23 bits per heavy atom. The van der Waals surface area contributed by atoms with Crippen molar-refractivity contribution in [3.05, 3.63) is 36.1 Å². The van der Waals surface area contributed by atoms with Gasteiger partial charge in [0.1, 0.15) is 11.3 Å². The number of hydrogen-bond donors (Lipinski definition) is 1. The largest absolute Gasteiger partial charge is 0.459 e. The van der Waals surface area contributed by atoms with Crippen molar-refractivity contribution in [2.75, 3.05) is 45.6 Å². The summed E-state index contributed by atoms with van der Waals surface area (Å²) in [5.41, 5.74) is 0.861. The minimum atomic E-state index is -3.30. The van der Waals surface area contributed by atoms with Crippen LogP contribution in [0.2, 0.25) is 0 Å². The van der Waals surface area contributed by atoms with Crippen molar-refractivity contribution in [1.29, 1.82) is 0 Å². The first kappa shape index (κ1) is 24.9. The maximum Gasteiger partial charge on any atom is 0.216 e. The van der Waals surface area contributed by atoms with E-state index in [0.717, 1.165) is 22.7 Å². The van der Waals surface area contributed by atoms with E-state index >= 15 is 0 Å². The van der Waals surface area contributed by atoms with Gasteiger partial charge in [-0.2, -0.15) is 4.31 Å². The third kappa shape index (κ3) is 6.56. The van der Waals surface area contributed by atoms with E-state index in [1.165, 1.54) is 0 Å². The first-order valence-electron chi connectivity index (χ1n) is 9.91. The molecular formula is C20H31IN4O4S. The number of guanidine groups is 1. The Hall–Kier alpha value is -1.37. The van der Waals surface area contributed by atoms with Crippen molar-refractivity contribution in [2.45, 2.75) is 26.5 Å². The molecule has 0 unspecified atom stereocenters. The second-order valence-corrected chi connectivity index (χ2v) is 9.36. The third-order valence-corrected chi connectivity index (χ3v) is 6.67. The van der Waals surface area contributed by atoms with Crippen LogP contribution in [0.5, 0.6) is 0 Å². The van der Waals surface area contributed by atoms with Crippen LogP contribution in [0, 0.1) is 0 Å². The Morgan fingerprint density at radius 3 is 2.57 bits per heavy atom. The molecule has 0 amide bonds. The van der Waals surface area contributed by atoms with Crippen molar-refractivity contribution in [1.82, 2.24) is 14.5 Å². The molecule has 0 radical (unpaired) electrons. The number of piperazine rings is 1. The average Bonchev–Trinajstić information content (AvgIpc) is 3.11. The predicted octanol–water partition coefficient (Wildman–Crippen LogP) is 2.50. The van der Waals surface area contributed by atoms with Gasteiger partial charge in [0.05, 0.1) is 25.0 Å². The van der Waals surface area contributed by atoms with Crippen LogP contribution in [0.3, 0.4) is 0 Å². The summed E-state index contributed by atoms with van der Waals surface area (Å²) in [5, 5.41) is 4.38. The fraction of sp³-hybridized carbons (Fsp3) is 0.550. The van der Waals surface area contributed by atoms with E-state index < -0.39 is 10.0 Å². The second-order valence-electron chi connectivity index (χ2n) is 7.27. The molecule has 168 valence electrons. The normalized spacial score (nSPS) is 16.1. The fourth-order valence-electron chi connectivity index (χ4n) is 3.32. The molecule has 0 spiro atoms. The monoisotopic (exact) mass is 550 g/mol. The maximum atomic E-state index is 12.5. The van der Waals surface area contributed by atoms with Gasteiger partial charge in [-0.25, -0.2) is 8.42 Å². The molecule has 1 aromatic heterocycles. The SMILES string of the molecule is CN=C(NCc1cc2ccccc2o1)N1CCN(S(=O)(=O)CCOC(C)C)CC1.I. The molecule has 8 nitrogen and oxygen atoms in total. The van der Waals surface area contributed by atoms with Crippen LogP contribution in [-0.2, 0) is 21.3 Å². The third-order valence-electron chi connectivity index (χ3n) is 4.83. The summed E-state index contributed by atoms with van der Waals surface area (Å²) < 4.78 is 37.7. The molecule has 1 N–H and O–H groups in total. The lowest BCUT2D eigenvalue weighted by Crippen LogP contribution is -2.54. The van der Waals surface area contributed by atoms with Gasteiger partial charge in [0.2, 0.25) is 10.0 Å². The van der Waals surface area contributed by atoms with Crippen LogP contribution < -0.4 is 5.32 Å². The van der Waals surface area contributed by atoms with E-state index in [1.807, 2.05) is 44.2 Å². The molecule has 1 aliphatic rings. The number of benzene rings is 1. The highest BCUT2D eigenvalue weighted by Crippen LogP contribution is 2.18. The number of para-hydroxylation sites is 1. The summed E-state index contributed by atoms with van der Waals surface area (Å²) in [7, 11) is -1.57. The van der Waals surface area contributed by atoms with Crippen LogP contribution in [0.4, 0.5) is 0 Å². The van der Waals surface area contributed by atoms with E-state index in [1.54, 1.807) is 11.4 Å². The second kappa shape index (κ2) is 11.3. The number of ether oxygens (including phenoxy) is 1. The van der Waals surface area contributed by atoms with E-state index in [-0.39, 0.29) is 42.4 Å². The Balaban J connectivity index is 0.00000320. The number of fused-ring (bicyclic) bond motifs is 1. The number of halogens is 1. The zero-order chi connectivity index (χ0) is 20.9. The summed E-state index contributed by atoms with van der Waals surface area (Å²) >= 11 is 0. The van der Waals surface area contributed by atoms with Crippen LogP contribution in [-0.4, -0.2) is 75.3 Å². The minimum Gasteiger partial charge on any atom is -0.459 e. The highest BCUT2D eigenvalue weighted by Gasteiger charge is 2.28. The lowest BCUT2D eigenvalue weighted by molar-refractivity contribution is 0.0904. The van der Waals surface area contributed by atoms with Gasteiger partial charge >= 0.3 is 0 Å². The number of nitrogens with one attached hydrogen (secondary N) is 1. The molecule has 2 aromatic rings. The molecule has 0 aliphatic carbocycles. The number of furan rings is 1. The first-order chi connectivity index (χ1) is 13.9. The van der Waals surface area contributed by atoms with Crippen molar-refractivity contribution < 1.29 is 17.6 Å². The van der Waals surface area contributed by atoms with Crippen LogP contribution in [0.1, 0.15) is 19.6 Å². The molecule has 0 saturated carbocycles. The number of aliphatic imine (C=N–C) groups is 1. The van der Waals surface area contributed by atoms with Crippen molar-refractivity contribution in [3.63, 3.8) is 0 Å². The number of sulfonamides is 1. The molecule has 10 heteroatoms. The van der Waals surface area contributed by atoms with Gasteiger partial charge in [-0.15, -0.1) is 24.0 Å². The standard InChI is InChI=1S/C20H30N4O4S.HI/c1-16(2)27-12-13-29(25,26)24-10-8-23(9-11-24)20(21-3)22-15-18-14-17-6-4-5-7-19(17)28-18;/h4-7,14,16H,8-13,15H2,1-3H3,(H,21,22);1H. The number of hydrogen-bond acceptors (Lipinski definition) is 5. The van der Waals surface area contributed by atoms with E-state index in [4.69, 9.17) is 9.15 Å². The molecule has 30 heavy (non-hydrogen) atoms. The zero-order valence-electron chi connectivity index (χ0n) is 17.7. The van der Waals surface area contributed by atoms with Gasteiger partial charge < -0.3 is 19.4 Å². The molecule has 1 aliphatic heterocycles. The Bertz CT molecular complexity index is 904. The molecule has 1 saturated heterocycles. The highest BCUT2D eigenvalue weighted by atomic mass is 127. The lowest BCUT2D eigenvalue weighted by Gasteiger charge is -2.35. The van der Waals surface area contributed by atoms with Crippen LogP contribution in [0.15, 0.2) is 39.7 Å². The Morgan fingerprint density at radius 2 is 1.93 bits per heavy atom. The minimum absolute atomic E-state index is 0. The molecule has 1 fully saturated rings. The average molecular weight is 550 g/mol. The summed E-state index contributed by atoms with van der Waals surface area (Å²) in [6, 6.07) is 9.91. The number of rotatable bonds is 7. The molecule has 1 aromatic carbocycles. The summed E-state index contributed by atoms with van der Waals surface area (Å²) in [6.45, 7) is 6.59. The van der Waals surface area contributed by atoms with Gasteiger partial charge in [0.15, 0.2) is 5.96 Å². The van der Waals surface area contributed by atoms with Gasteiger partial charge in [0.25, 0.3) is 0 Å². The summed E-state index contributed by atoms with van der Waals surface area (Å²) in [6.07, 6.45) is 0.0307. The highest BCUT2D eigenvalue weighted by molar-refractivity contribution is 14.0. The maximum absolute atomic E-state index is 12.5. The fourth-order valence-corrected chi connectivity index (χ4v) is 4.60.